The number of hydrogen-bond acceptors (Lipinski definition) is 1. The molecule has 0 unspecified atom stereocenters. The van der Waals surface area contributed by atoms with Crippen molar-refractivity contribution in [3.05, 3.63) is 54.1 Å². The summed E-state index contributed by atoms with van der Waals surface area (Å²) in [5, 5.41) is 10.1. The predicted molar refractivity (Wildman–Crippen MR) is 76.8 cm³/mol. The van der Waals surface area contributed by atoms with Gasteiger partial charge in [-0.1, -0.05) is 62.2 Å². The van der Waals surface area contributed by atoms with Crippen LogP contribution >= 0.6 is 0 Å². The molecular weight excluding hydrogens is 220 g/mol. The van der Waals surface area contributed by atoms with Crippen LogP contribution in [0.5, 0.6) is 5.75 Å². The lowest BCUT2D eigenvalue weighted by Gasteiger charge is -2.07. The van der Waals surface area contributed by atoms with Crippen LogP contribution in [-0.2, 0) is 6.42 Å². The standard InChI is InChI=1S/C17H20O/c1-2-3-5-8-14-11-12-16(17(18)13-14)15-9-6-4-7-10-15/h4,6-7,9-13,18H,2-3,5,8H2,1H3. The molecule has 0 radical (unpaired) electrons. The molecule has 94 valence electrons. The monoisotopic (exact) mass is 240 g/mol. The van der Waals surface area contributed by atoms with E-state index in [0.29, 0.717) is 5.75 Å². The van der Waals surface area contributed by atoms with E-state index in [-0.39, 0.29) is 0 Å². The first-order chi connectivity index (χ1) is 8.81. The lowest BCUT2D eigenvalue weighted by atomic mass is 10.0. The first-order valence-corrected chi connectivity index (χ1v) is 6.68. The van der Waals surface area contributed by atoms with Crippen LogP contribution in [0.2, 0.25) is 0 Å². The second-order valence-electron chi connectivity index (χ2n) is 4.67. The zero-order valence-corrected chi connectivity index (χ0v) is 10.9. The lowest BCUT2D eigenvalue weighted by molar-refractivity contribution is 0.476. The van der Waals surface area contributed by atoms with Crippen LogP contribution in [0.25, 0.3) is 11.1 Å². The molecule has 0 bridgehead atoms. The van der Waals surface area contributed by atoms with Crippen molar-refractivity contribution in [2.75, 3.05) is 0 Å². The Morgan fingerprint density at radius 1 is 0.944 bits per heavy atom. The van der Waals surface area contributed by atoms with E-state index in [0.717, 1.165) is 17.5 Å². The largest absolute Gasteiger partial charge is 0.507 e. The van der Waals surface area contributed by atoms with Gasteiger partial charge in [-0.3, -0.25) is 0 Å². The van der Waals surface area contributed by atoms with Crippen molar-refractivity contribution in [1.29, 1.82) is 0 Å². The highest BCUT2D eigenvalue weighted by Gasteiger charge is 2.04. The number of hydrogen-bond donors (Lipinski definition) is 1. The van der Waals surface area contributed by atoms with Crippen LogP contribution in [0, 0.1) is 0 Å². The Balaban J connectivity index is 2.15. The summed E-state index contributed by atoms with van der Waals surface area (Å²) < 4.78 is 0. The summed E-state index contributed by atoms with van der Waals surface area (Å²) in [5.41, 5.74) is 3.20. The van der Waals surface area contributed by atoms with E-state index in [1.807, 2.05) is 42.5 Å². The molecule has 0 aromatic heterocycles. The highest BCUT2D eigenvalue weighted by atomic mass is 16.3. The highest BCUT2D eigenvalue weighted by Crippen LogP contribution is 2.30. The fraction of sp³-hybridized carbons (Fsp3) is 0.294. The van der Waals surface area contributed by atoms with Crippen LogP contribution in [0.1, 0.15) is 31.7 Å². The van der Waals surface area contributed by atoms with Gasteiger partial charge in [0.05, 0.1) is 0 Å². The van der Waals surface area contributed by atoms with Crippen molar-refractivity contribution in [3.8, 4) is 16.9 Å². The number of unbranched alkanes of at least 4 members (excludes halogenated alkanes) is 2. The molecule has 2 rings (SSSR count). The van der Waals surface area contributed by atoms with Gasteiger partial charge in [0.15, 0.2) is 0 Å². The second kappa shape index (κ2) is 6.25. The van der Waals surface area contributed by atoms with Gasteiger partial charge in [-0.2, -0.15) is 0 Å². The fourth-order valence-electron chi connectivity index (χ4n) is 2.17. The average Bonchev–Trinajstić information content (AvgIpc) is 2.40. The van der Waals surface area contributed by atoms with E-state index in [2.05, 4.69) is 13.0 Å². The molecule has 0 saturated carbocycles. The van der Waals surface area contributed by atoms with E-state index in [1.165, 1.54) is 24.8 Å². The Bertz CT molecular complexity index is 488. The molecule has 1 nitrogen and oxygen atoms in total. The summed E-state index contributed by atoms with van der Waals surface area (Å²) in [6, 6.07) is 16.0. The SMILES string of the molecule is CCCCCc1ccc(-c2ccccc2)c(O)c1. The van der Waals surface area contributed by atoms with Crippen molar-refractivity contribution in [2.45, 2.75) is 32.6 Å². The van der Waals surface area contributed by atoms with Crippen LogP contribution in [0.4, 0.5) is 0 Å². The third-order valence-electron chi connectivity index (χ3n) is 3.22. The van der Waals surface area contributed by atoms with Gasteiger partial charge in [0.25, 0.3) is 0 Å². The molecule has 0 amide bonds. The molecule has 0 heterocycles. The molecule has 1 heteroatoms. The van der Waals surface area contributed by atoms with Gasteiger partial charge in [0, 0.05) is 5.56 Å². The molecule has 2 aromatic carbocycles. The Hall–Kier alpha value is -1.76. The summed E-state index contributed by atoms with van der Waals surface area (Å²) in [6.07, 6.45) is 4.73. The molecule has 0 aliphatic rings. The normalized spacial score (nSPS) is 10.5. The van der Waals surface area contributed by atoms with Gasteiger partial charge in [0.2, 0.25) is 0 Å². The molecule has 0 atom stereocenters. The van der Waals surface area contributed by atoms with Gasteiger partial charge in [-0.15, -0.1) is 0 Å². The van der Waals surface area contributed by atoms with Gasteiger partial charge in [-0.05, 0) is 30.0 Å². The lowest BCUT2D eigenvalue weighted by Crippen LogP contribution is -1.87. The van der Waals surface area contributed by atoms with Crippen LogP contribution in [0.3, 0.4) is 0 Å². The smallest absolute Gasteiger partial charge is 0.123 e. The average molecular weight is 240 g/mol. The van der Waals surface area contributed by atoms with Crippen molar-refractivity contribution >= 4 is 0 Å². The first kappa shape index (κ1) is 12.7. The maximum absolute atomic E-state index is 10.1. The Kier molecular flexibility index (Phi) is 4.40. The van der Waals surface area contributed by atoms with E-state index < -0.39 is 0 Å². The number of phenols is 1. The summed E-state index contributed by atoms with van der Waals surface area (Å²) >= 11 is 0. The van der Waals surface area contributed by atoms with E-state index in [1.54, 1.807) is 0 Å². The van der Waals surface area contributed by atoms with Gasteiger partial charge in [0.1, 0.15) is 5.75 Å². The fourth-order valence-corrected chi connectivity index (χ4v) is 2.17. The Morgan fingerprint density at radius 2 is 1.72 bits per heavy atom. The zero-order valence-electron chi connectivity index (χ0n) is 10.9. The molecule has 1 N–H and O–H groups in total. The number of benzene rings is 2. The maximum atomic E-state index is 10.1. The van der Waals surface area contributed by atoms with Crippen LogP contribution < -0.4 is 0 Å². The maximum Gasteiger partial charge on any atom is 0.123 e. The number of aromatic hydroxyl groups is 1. The summed E-state index contributed by atoms with van der Waals surface area (Å²) in [6.45, 7) is 2.20. The molecule has 0 saturated heterocycles. The minimum atomic E-state index is 0.384. The third kappa shape index (κ3) is 3.13. The quantitative estimate of drug-likeness (QED) is 0.745. The van der Waals surface area contributed by atoms with E-state index >= 15 is 0 Å². The third-order valence-corrected chi connectivity index (χ3v) is 3.22. The Morgan fingerprint density at radius 3 is 2.39 bits per heavy atom. The second-order valence-corrected chi connectivity index (χ2v) is 4.67. The Labute approximate surface area is 109 Å². The van der Waals surface area contributed by atoms with Crippen molar-refractivity contribution in [1.82, 2.24) is 0 Å². The number of phenolic OH excluding ortho intramolecular Hbond substituents is 1. The van der Waals surface area contributed by atoms with Crippen LogP contribution in [-0.4, -0.2) is 5.11 Å². The van der Waals surface area contributed by atoms with E-state index in [9.17, 15) is 5.11 Å². The molecule has 18 heavy (non-hydrogen) atoms. The highest BCUT2D eigenvalue weighted by molar-refractivity contribution is 5.70. The minimum Gasteiger partial charge on any atom is -0.507 e. The molecule has 0 spiro atoms. The summed E-state index contributed by atoms with van der Waals surface area (Å²) in [7, 11) is 0. The molecule has 0 aliphatic heterocycles. The topological polar surface area (TPSA) is 20.2 Å². The van der Waals surface area contributed by atoms with Gasteiger partial charge >= 0.3 is 0 Å². The molecular formula is C17H20O. The van der Waals surface area contributed by atoms with Crippen molar-refractivity contribution in [3.63, 3.8) is 0 Å². The van der Waals surface area contributed by atoms with Crippen molar-refractivity contribution < 1.29 is 5.11 Å². The molecule has 0 aliphatic carbocycles. The first-order valence-electron chi connectivity index (χ1n) is 6.68. The minimum absolute atomic E-state index is 0.384. The molecule has 0 fully saturated rings. The predicted octanol–water partition coefficient (Wildman–Crippen LogP) is 4.79. The summed E-state index contributed by atoms with van der Waals surface area (Å²) in [4.78, 5) is 0. The van der Waals surface area contributed by atoms with Crippen molar-refractivity contribution in [2.24, 2.45) is 0 Å². The molecule has 2 aromatic rings. The van der Waals surface area contributed by atoms with Gasteiger partial charge < -0.3 is 5.11 Å². The van der Waals surface area contributed by atoms with E-state index in [4.69, 9.17) is 0 Å². The van der Waals surface area contributed by atoms with Gasteiger partial charge in [-0.25, -0.2) is 0 Å². The van der Waals surface area contributed by atoms with Crippen LogP contribution in [0.15, 0.2) is 48.5 Å². The zero-order chi connectivity index (χ0) is 12.8. The number of aryl methyl sites for hydroxylation is 1. The number of rotatable bonds is 5. The summed E-state index contributed by atoms with van der Waals surface area (Å²) in [5.74, 6) is 0.384.